The molecule has 0 saturated heterocycles. The van der Waals surface area contributed by atoms with E-state index in [2.05, 4.69) is 74.5 Å². The molecule has 4 atom stereocenters. The Morgan fingerprint density at radius 2 is 1.56 bits per heavy atom. The molecule has 3 fully saturated rings. The van der Waals surface area contributed by atoms with Crippen molar-refractivity contribution < 1.29 is 4.74 Å². The van der Waals surface area contributed by atoms with E-state index in [1.54, 1.807) is 0 Å². The first kappa shape index (κ1) is 17.4. The molecule has 2 bridgehead atoms. The molecule has 0 spiro atoms. The van der Waals surface area contributed by atoms with Gasteiger partial charge in [-0.05, 0) is 54.3 Å². The number of nitrogens with zero attached hydrogens (tertiary/aromatic N) is 1. The van der Waals surface area contributed by atoms with Crippen LogP contribution in [0.2, 0.25) is 0 Å². The molecule has 0 unspecified atom stereocenters. The Morgan fingerprint density at radius 3 is 2.07 bits per heavy atom. The molecule has 1 aliphatic heterocycles. The maximum Gasteiger partial charge on any atom is 0.187 e. The Bertz CT molecular complexity index is 792. The average Bonchev–Trinajstić information content (AvgIpc) is 3.24. The number of benzene rings is 2. The van der Waals surface area contributed by atoms with E-state index in [4.69, 9.17) is 9.73 Å². The lowest BCUT2D eigenvalue weighted by atomic mass is 9.45. The van der Waals surface area contributed by atoms with Crippen LogP contribution in [0.5, 0.6) is 0 Å². The highest BCUT2D eigenvalue weighted by molar-refractivity contribution is 7.73. The molecule has 3 heteroatoms. The summed E-state index contributed by atoms with van der Waals surface area (Å²) < 4.78 is 6.09. The first-order valence-corrected chi connectivity index (χ1v) is 11.6. The van der Waals surface area contributed by atoms with Gasteiger partial charge in [-0.1, -0.05) is 74.5 Å². The van der Waals surface area contributed by atoms with E-state index in [0.29, 0.717) is 22.9 Å². The summed E-state index contributed by atoms with van der Waals surface area (Å²) >= 11 is 0. The molecule has 2 aromatic carbocycles. The monoisotopic (exact) mass is 377 g/mol. The smallest absolute Gasteiger partial charge is 0.187 e. The quantitative estimate of drug-likeness (QED) is 0.714. The number of ether oxygens (including phenoxy) is 1. The van der Waals surface area contributed by atoms with Crippen LogP contribution in [0.4, 0.5) is 0 Å². The minimum atomic E-state index is -0.423. The molecule has 0 aromatic heterocycles. The summed E-state index contributed by atoms with van der Waals surface area (Å²) in [6.07, 6.45) is 2.65. The van der Waals surface area contributed by atoms with Gasteiger partial charge in [0.2, 0.25) is 0 Å². The number of hydrogen-bond donors (Lipinski definition) is 0. The Labute approximate surface area is 163 Å². The second-order valence-electron chi connectivity index (χ2n) is 8.80. The van der Waals surface area contributed by atoms with Crippen molar-refractivity contribution in [3.63, 3.8) is 0 Å². The average molecular weight is 377 g/mol. The highest BCUT2D eigenvalue weighted by Crippen LogP contribution is 2.67. The van der Waals surface area contributed by atoms with Crippen molar-refractivity contribution >= 4 is 24.4 Å². The van der Waals surface area contributed by atoms with Crippen molar-refractivity contribution in [1.82, 2.24) is 0 Å². The highest BCUT2D eigenvalue weighted by atomic mass is 31.1. The minimum Gasteiger partial charge on any atom is -0.479 e. The summed E-state index contributed by atoms with van der Waals surface area (Å²) in [6, 6.07) is 22.4. The van der Waals surface area contributed by atoms with Crippen LogP contribution >= 0.6 is 7.92 Å². The first-order chi connectivity index (χ1) is 13.2. The van der Waals surface area contributed by atoms with Gasteiger partial charge >= 0.3 is 0 Å². The Hall–Kier alpha value is -1.66. The van der Waals surface area contributed by atoms with Crippen LogP contribution in [0, 0.1) is 23.2 Å². The van der Waals surface area contributed by atoms with Gasteiger partial charge < -0.3 is 4.74 Å². The third kappa shape index (κ3) is 2.85. The molecule has 2 nitrogen and oxygen atoms in total. The van der Waals surface area contributed by atoms with Gasteiger partial charge in [-0.25, -0.2) is 0 Å². The van der Waals surface area contributed by atoms with Gasteiger partial charge in [-0.3, -0.25) is 4.99 Å². The van der Waals surface area contributed by atoms with E-state index in [-0.39, 0.29) is 0 Å². The number of fused-ring (bicyclic) bond motifs is 2. The maximum atomic E-state index is 6.09. The molecule has 0 N–H and O–H groups in total. The van der Waals surface area contributed by atoms with Gasteiger partial charge in [-0.2, -0.15) is 0 Å². The molecule has 140 valence electrons. The van der Waals surface area contributed by atoms with Crippen LogP contribution in [0.15, 0.2) is 65.7 Å². The van der Waals surface area contributed by atoms with Crippen LogP contribution in [-0.4, -0.2) is 24.7 Å². The van der Waals surface area contributed by atoms with Crippen molar-refractivity contribution in [2.45, 2.75) is 32.3 Å². The second-order valence-corrected chi connectivity index (χ2v) is 11.2. The molecule has 2 aromatic rings. The maximum absolute atomic E-state index is 6.09. The molecule has 4 aliphatic rings. The molecule has 3 saturated carbocycles. The van der Waals surface area contributed by atoms with Crippen LogP contribution < -0.4 is 10.6 Å². The van der Waals surface area contributed by atoms with Gasteiger partial charge in [0.25, 0.3) is 0 Å². The number of aliphatic imine (C=N–C) groups is 1. The van der Waals surface area contributed by atoms with E-state index in [0.717, 1.165) is 25.0 Å². The second kappa shape index (κ2) is 6.74. The Kier molecular flexibility index (Phi) is 4.36. The van der Waals surface area contributed by atoms with Crippen molar-refractivity contribution in [3.8, 4) is 0 Å². The van der Waals surface area contributed by atoms with Crippen LogP contribution in [0.1, 0.15) is 26.7 Å². The van der Waals surface area contributed by atoms with Crippen molar-refractivity contribution in [2.24, 2.45) is 28.2 Å². The van der Waals surface area contributed by atoms with Gasteiger partial charge in [0.15, 0.2) is 5.90 Å². The minimum absolute atomic E-state index is 0.421. The first-order valence-electron chi connectivity index (χ1n) is 10.2. The lowest BCUT2D eigenvalue weighted by molar-refractivity contribution is -0.0860. The highest BCUT2D eigenvalue weighted by Gasteiger charge is 2.61. The fourth-order valence-electron chi connectivity index (χ4n) is 5.64. The zero-order chi connectivity index (χ0) is 18.4. The molecule has 3 aliphatic carbocycles. The Balaban J connectivity index is 1.60. The summed E-state index contributed by atoms with van der Waals surface area (Å²) in [5.74, 6) is 3.08. The van der Waals surface area contributed by atoms with Crippen LogP contribution in [0.3, 0.4) is 0 Å². The van der Waals surface area contributed by atoms with Crippen molar-refractivity contribution in [3.05, 3.63) is 60.7 Å². The molecule has 0 radical (unpaired) electrons. The SMILES string of the molecule is CC1(C)[C@H]2C[C@H](P(c3ccccc3)c3ccccc3)[C@@H](C3=NCCO3)[C@@H]1C2. The zero-order valence-electron chi connectivity index (χ0n) is 16.2. The summed E-state index contributed by atoms with van der Waals surface area (Å²) in [4.78, 5) is 4.82. The normalized spacial score (nSPS) is 31.1. The van der Waals surface area contributed by atoms with Crippen molar-refractivity contribution in [2.75, 3.05) is 13.2 Å². The largest absolute Gasteiger partial charge is 0.479 e. The van der Waals surface area contributed by atoms with Gasteiger partial charge in [0, 0.05) is 5.92 Å². The van der Waals surface area contributed by atoms with E-state index >= 15 is 0 Å². The van der Waals surface area contributed by atoms with E-state index in [9.17, 15) is 0 Å². The molecule has 27 heavy (non-hydrogen) atoms. The van der Waals surface area contributed by atoms with Gasteiger partial charge in [-0.15, -0.1) is 0 Å². The van der Waals surface area contributed by atoms with E-state index in [1.165, 1.54) is 23.5 Å². The number of hydrogen-bond acceptors (Lipinski definition) is 2. The lowest BCUT2D eigenvalue weighted by Crippen LogP contribution is -2.59. The summed E-state index contributed by atoms with van der Waals surface area (Å²) in [7, 11) is -0.423. The third-order valence-corrected chi connectivity index (χ3v) is 10.1. The van der Waals surface area contributed by atoms with E-state index < -0.39 is 7.92 Å². The Morgan fingerprint density at radius 1 is 0.926 bits per heavy atom. The van der Waals surface area contributed by atoms with Crippen LogP contribution in [-0.2, 0) is 4.74 Å². The fraction of sp³-hybridized carbons (Fsp3) is 0.458. The third-order valence-electron chi connectivity index (χ3n) is 7.21. The molecule has 6 rings (SSSR count). The number of rotatable bonds is 4. The fourth-order valence-corrected chi connectivity index (χ4v) is 8.81. The summed E-state index contributed by atoms with van der Waals surface area (Å²) in [5.41, 5.74) is 1.04. The molecular weight excluding hydrogens is 349 g/mol. The molecule has 0 amide bonds. The van der Waals surface area contributed by atoms with Gasteiger partial charge in [0.05, 0.1) is 6.54 Å². The van der Waals surface area contributed by atoms with Gasteiger partial charge in [0.1, 0.15) is 6.61 Å². The van der Waals surface area contributed by atoms with Crippen molar-refractivity contribution in [1.29, 1.82) is 0 Å². The van der Waals surface area contributed by atoms with Crippen LogP contribution in [0.25, 0.3) is 0 Å². The lowest BCUT2D eigenvalue weighted by Gasteiger charge is -2.63. The predicted molar refractivity (Wildman–Crippen MR) is 115 cm³/mol. The summed E-state index contributed by atoms with van der Waals surface area (Å²) in [6.45, 7) is 6.54. The van der Waals surface area contributed by atoms with E-state index in [1.807, 2.05) is 0 Å². The molecule has 1 heterocycles. The topological polar surface area (TPSA) is 21.6 Å². The predicted octanol–water partition coefficient (Wildman–Crippen LogP) is 4.60. The standard InChI is InChI=1S/C24H28NOP/c1-24(2)17-15-20(24)22(23-25-13-14-26-23)21(16-17)27(18-9-5-3-6-10-18)19-11-7-4-8-12-19/h3-12,17,20-22H,13-16H2,1-2H3/t17-,20+,21+,22+/m1/s1. The molecular formula is C24H28NOP. The summed E-state index contributed by atoms with van der Waals surface area (Å²) in [5, 5.41) is 2.98. The zero-order valence-corrected chi connectivity index (χ0v) is 17.1.